The van der Waals surface area contributed by atoms with Gasteiger partial charge in [0.25, 0.3) is 0 Å². The molecule has 1 aromatic heterocycles. The first kappa shape index (κ1) is 13.7. The Morgan fingerprint density at radius 1 is 1.33 bits per heavy atom. The van der Waals surface area contributed by atoms with E-state index in [-0.39, 0.29) is 6.10 Å². The van der Waals surface area contributed by atoms with Gasteiger partial charge in [-0.05, 0) is 31.0 Å². The maximum atomic E-state index is 9.61. The van der Waals surface area contributed by atoms with Gasteiger partial charge in [-0.25, -0.2) is 4.98 Å². The van der Waals surface area contributed by atoms with Crippen LogP contribution in [-0.4, -0.2) is 36.4 Å². The molecular formula is C16H17N3O2. The van der Waals surface area contributed by atoms with E-state index in [9.17, 15) is 10.4 Å². The number of aliphatic hydroxyl groups is 1. The molecule has 0 aliphatic carbocycles. The molecule has 0 spiro atoms. The Morgan fingerprint density at radius 2 is 2.10 bits per heavy atom. The molecule has 1 aromatic carbocycles. The fourth-order valence-electron chi connectivity index (χ4n) is 2.66. The van der Waals surface area contributed by atoms with Crippen molar-refractivity contribution < 1.29 is 9.84 Å². The van der Waals surface area contributed by atoms with Gasteiger partial charge in [0.2, 0.25) is 0 Å². The van der Waals surface area contributed by atoms with E-state index in [0.29, 0.717) is 24.2 Å². The molecule has 5 heteroatoms. The molecule has 2 heterocycles. The number of aliphatic hydroxyl groups excluding tert-OH is 1. The zero-order valence-corrected chi connectivity index (χ0v) is 11.9. The molecule has 3 rings (SSSR count). The Bertz CT molecular complexity index is 700. The summed E-state index contributed by atoms with van der Waals surface area (Å²) in [5.41, 5.74) is 1.39. The minimum absolute atomic E-state index is 0.243. The van der Waals surface area contributed by atoms with Gasteiger partial charge >= 0.3 is 0 Å². The predicted molar refractivity (Wildman–Crippen MR) is 80.5 cm³/mol. The molecule has 2 aromatic rings. The number of fused-ring (bicyclic) bond motifs is 1. The molecule has 1 N–H and O–H groups in total. The molecule has 0 bridgehead atoms. The van der Waals surface area contributed by atoms with E-state index >= 15 is 0 Å². The summed E-state index contributed by atoms with van der Waals surface area (Å²) in [6, 6.07) is 9.74. The lowest BCUT2D eigenvalue weighted by molar-refractivity contribution is 0.145. The smallest absolute Gasteiger partial charge is 0.147 e. The number of methoxy groups -OCH3 is 1. The van der Waals surface area contributed by atoms with E-state index in [1.807, 2.05) is 24.3 Å². The SMILES string of the molecule is COc1ccc2cc(C#N)c(N3CCC(O)CC3)nc2c1. The Labute approximate surface area is 123 Å². The third-order valence-electron chi connectivity index (χ3n) is 3.89. The minimum atomic E-state index is -0.243. The largest absolute Gasteiger partial charge is 0.497 e. The second-order valence-corrected chi connectivity index (χ2v) is 5.25. The highest BCUT2D eigenvalue weighted by Gasteiger charge is 2.21. The molecule has 0 atom stereocenters. The second kappa shape index (κ2) is 5.58. The quantitative estimate of drug-likeness (QED) is 0.913. The van der Waals surface area contributed by atoms with E-state index in [1.165, 1.54) is 0 Å². The molecule has 1 fully saturated rings. The van der Waals surface area contributed by atoms with Crippen molar-refractivity contribution in [2.45, 2.75) is 18.9 Å². The lowest BCUT2D eigenvalue weighted by Gasteiger charge is -2.31. The van der Waals surface area contributed by atoms with Crippen molar-refractivity contribution >= 4 is 16.7 Å². The third-order valence-corrected chi connectivity index (χ3v) is 3.89. The first-order chi connectivity index (χ1) is 10.2. The van der Waals surface area contributed by atoms with Gasteiger partial charge < -0.3 is 14.7 Å². The molecule has 0 unspecified atom stereocenters. The number of benzene rings is 1. The number of ether oxygens (including phenoxy) is 1. The number of anilines is 1. The number of piperidine rings is 1. The van der Waals surface area contributed by atoms with Gasteiger partial charge in [0.1, 0.15) is 17.6 Å². The molecule has 1 aliphatic rings. The average molecular weight is 283 g/mol. The average Bonchev–Trinajstić information content (AvgIpc) is 2.53. The lowest BCUT2D eigenvalue weighted by Crippen LogP contribution is -2.36. The molecule has 0 saturated carbocycles. The summed E-state index contributed by atoms with van der Waals surface area (Å²) in [6.07, 6.45) is 1.18. The van der Waals surface area contributed by atoms with Crippen LogP contribution in [0.2, 0.25) is 0 Å². The van der Waals surface area contributed by atoms with Gasteiger partial charge in [-0.3, -0.25) is 0 Å². The van der Waals surface area contributed by atoms with Crippen LogP contribution in [0, 0.1) is 11.3 Å². The molecule has 1 aliphatic heterocycles. The number of hydrogen-bond acceptors (Lipinski definition) is 5. The van der Waals surface area contributed by atoms with Gasteiger partial charge in [-0.2, -0.15) is 5.26 Å². The van der Waals surface area contributed by atoms with Crippen LogP contribution in [0.3, 0.4) is 0 Å². The zero-order chi connectivity index (χ0) is 14.8. The van der Waals surface area contributed by atoms with E-state index in [4.69, 9.17) is 4.74 Å². The minimum Gasteiger partial charge on any atom is -0.497 e. The Kier molecular flexibility index (Phi) is 3.63. The van der Waals surface area contributed by atoms with Crippen molar-refractivity contribution in [3.05, 3.63) is 29.8 Å². The normalized spacial score (nSPS) is 16.0. The Balaban J connectivity index is 2.05. The van der Waals surface area contributed by atoms with Crippen molar-refractivity contribution in [3.63, 3.8) is 0 Å². The van der Waals surface area contributed by atoms with E-state index in [0.717, 1.165) is 29.7 Å². The summed E-state index contributed by atoms with van der Waals surface area (Å²) in [5.74, 6) is 1.45. The van der Waals surface area contributed by atoms with Crippen molar-refractivity contribution in [1.29, 1.82) is 5.26 Å². The fourth-order valence-corrected chi connectivity index (χ4v) is 2.66. The number of nitrogens with zero attached hydrogens (tertiary/aromatic N) is 3. The first-order valence-electron chi connectivity index (χ1n) is 7.03. The lowest BCUT2D eigenvalue weighted by atomic mass is 10.1. The topological polar surface area (TPSA) is 69.4 Å². The van der Waals surface area contributed by atoms with Gasteiger partial charge in [0.15, 0.2) is 0 Å². The summed E-state index contributed by atoms with van der Waals surface area (Å²) < 4.78 is 5.23. The van der Waals surface area contributed by atoms with Crippen LogP contribution in [0.5, 0.6) is 5.75 Å². The number of pyridine rings is 1. The van der Waals surface area contributed by atoms with E-state index < -0.39 is 0 Å². The highest BCUT2D eigenvalue weighted by molar-refractivity contribution is 5.84. The van der Waals surface area contributed by atoms with Crippen molar-refractivity contribution in [1.82, 2.24) is 4.98 Å². The van der Waals surface area contributed by atoms with Gasteiger partial charge in [0.05, 0.1) is 24.3 Å². The Hall–Kier alpha value is -2.32. The summed E-state index contributed by atoms with van der Waals surface area (Å²) in [5, 5.41) is 19.9. The van der Waals surface area contributed by atoms with Gasteiger partial charge in [0, 0.05) is 24.5 Å². The van der Waals surface area contributed by atoms with E-state index in [1.54, 1.807) is 7.11 Å². The fraction of sp³-hybridized carbons (Fsp3) is 0.375. The number of hydrogen-bond donors (Lipinski definition) is 1. The third kappa shape index (κ3) is 2.63. The van der Waals surface area contributed by atoms with Crippen LogP contribution >= 0.6 is 0 Å². The maximum absolute atomic E-state index is 9.61. The number of nitriles is 1. The highest BCUT2D eigenvalue weighted by atomic mass is 16.5. The molecule has 5 nitrogen and oxygen atoms in total. The summed E-state index contributed by atoms with van der Waals surface area (Å²) in [4.78, 5) is 6.72. The molecule has 0 amide bonds. The van der Waals surface area contributed by atoms with Crippen LogP contribution < -0.4 is 9.64 Å². The van der Waals surface area contributed by atoms with Crippen molar-refractivity contribution in [2.75, 3.05) is 25.1 Å². The molecule has 0 radical (unpaired) electrons. The maximum Gasteiger partial charge on any atom is 0.147 e. The van der Waals surface area contributed by atoms with Gasteiger partial charge in [-0.1, -0.05) is 0 Å². The van der Waals surface area contributed by atoms with E-state index in [2.05, 4.69) is 16.0 Å². The summed E-state index contributed by atoms with van der Waals surface area (Å²) >= 11 is 0. The highest BCUT2D eigenvalue weighted by Crippen LogP contribution is 2.27. The molecular weight excluding hydrogens is 266 g/mol. The van der Waals surface area contributed by atoms with Crippen molar-refractivity contribution in [2.24, 2.45) is 0 Å². The Morgan fingerprint density at radius 3 is 2.76 bits per heavy atom. The summed E-state index contributed by atoms with van der Waals surface area (Å²) in [6.45, 7) is 1.44. The second-order valence-electron chi connectivity index (χ2n) is 5.25. The zero-order valence-electron chi connectivity index (χ0n) is 11.9. The summed E-state index contributed by atoms with van der Waals surface area (Å²) in [7, 11) is 1.62. The molecule has 21 heavy (non-hydrogen) atoms. The number of rotatable bonds is 2. The van der Waals surface area contributed by atoms with Crippen LogP contribution in [0.15, 0.2) is 24.3 Å². The van der Waals surface area contributed by atoms with Crippen LogP contribution in [0.1, 0.15) is 18.4 Å². The standard InChI is InChI=1S/C16H17N3O2/c1-21-14-3-2-11-8-12(10-17)16(18-15(11)9-14)19-6-4-13(20)5-7-19/h2-3,8-9,13,20H,4-7H2,1H3. The number of aromatic nitrogens is 1. The van der Waals surface area contributed by atoms with Crippen LogP contribution in [0.4, 0.5) is 5.82 Å². The van der Waals surface area contributed by atoms with Crippen molar-refractivity contribution in [3.8, 4) is 11.8 Å². The predicted octanol–water partition coefficient (Wildman–Crippen LogP) is 2.08. The van der Waals surface area contributed by atoms with Crippen LogP contribution in [0.25, 0.3) is 10.9 Å². The molecule has 108 valence electrons. The molecule has 1 saturated heterocycles. The van der Waals surface area contributed by atoms with Crippen LogP contribution in [-0.2, 0) is 0 Å². The van der Waals surface area contributed by atoms with Gasteiger partial charge in [-0.15, -0.1) is 0 Å². The monoisotopic (exact) mass is 283 g/mol. The first-order valence-corrected chi connectivity index (χ1v) is 7.03.